The van der Waals surface area contributed by atoms with E-state index in [9.17, 15) is 9.90 Å². The Morgan fingerprint density at radius 3 is 2.94 bits per heavy atom. The van der Waals surface area contributed by atoms with Gasteiger partial charge in [0, 0.05) is 18.5 Å². The van der Waals surface area contributed by atoms with Crippen LogP contribution in [0.15, 0.2) is 0 Å². The molecule has 0 unspecified atom stereocenters. The van der Waals surface area contributed by atoms with Crippen LogP contribution >= 0.6 is 0 Å². The zero-order chi connectivity index (χ0) is 12.0. The monoisotopic (exact) mass is 237 g/mol. The topological polar surface area (TPSA) is 40.5 Å². The van der Waals surface area contributed by atoms with Crippen molar-refractivity contribution in [3.63, 3.8) is 0 Å². The molecular formula is C14H23NO2. The van der Waals surface area contributed by atoms with Crippen molar-refractivity contribution in [2.45, 2.75) is 63.5 Å². The van der Waals surface area contributed by atoms with Crippen LogP contribution in [0.1, 0.15) is 51.9 Å². The maximum Gasteiger partial charge on any atom is 0.223 e. The SMILES string of the molecule is C[C@H]1[C@@H](O)CC[C@@]23CCCN2C(=O)CCC[C@@H]13. The third kappa shape index (κ3) is 1.55. The van der Waals surface area contributed by atoms with Gasteiger partial charge in [0.1, 0.15) is 0 Å². The lowest BCUT2D eigenvalue weighted by Gasteiger charge is -2.50. The Morgan fingerprint density at radius 1 is 1.29 bits per heavy atom. The lowest BCUT2D eigenvalue weighted by atomic mass is 9.64. The molecule has 1 N–H and O–H groups in total. The molecular weight excluding hydrogens is 214 g/mol. The smallest absolute Gasteiger partial charge is 0.223 e. The van der Waals surface area contributed by atoms with Gasteiger partial charge in [0.05, 0.1) is 6.10 Å². The molecule has 2 aliphatic heterocycles. The maximum atomic E-state index is 12.2. The molecule has 3 heteroatoms. The van der Waals surface area contributed by atoms with Gasteiger partial charge in [-0.15, -0.1) is 0 Å². The standard InChI is InChI=1S/C14H23NO2/c1-10-11-4-2-5-13(17)15-9-3-7-14(11,15)8-6-12(10)16/h10-12,16H,2-9H2,1H3/t10-,11+,12+,14-/m1/s1. The van der Waals surface area contributed by atoms with Crippen molar-refractivity contribution in [2.24, 2.45) is 11.8 Å². The third-order valence-corrected chi connectivity index (χ3v) is 5.54. The van der Waals surface area contributed by atoms with Crippen molar-refractivity contribution in [1.82, 2.24) is 4.90 Å². The Labute approximate surface area is 103 Å². The molecule has 1 saturated carbocycles. The van der Waals surface area contributed by atoms with Crippen LogP contribution in [0, 0.1) is 11.8 Å². The Morgan fingerprint density at radius 2 is 2.12 bits per heavy atom. The molecule has 3 aliphatic rings. The number of nitrogens with zero attached hydrogens (tertiary/aromatic N) is 1. The van der Waals surface area contributed by atoms with Crippen molar-refractivity contribution in [1.29, 1.82) is 0 Å². The second-order valence-electron chi connectivity index (χ2n) is 6.22. The molecule has 0 aromatic carbocycles. The van der Waals surface area contributed by atoms with Gasteiger partial charge in [0.2, 0.25) is 5.91 Å². The minimum absolute atomic E-state index is 0.117. The van der Waals surface area contributed by atoms with E-state index in [4.69, 9.17) is 0 Å². The van der Waals surface area contributed by atoms with E-state index in [1.165, 1.54) is 6.42 Å². The van der Waals surface area contributed by atoms with Gasteiger partial charge in [-0.1, -0.05) is 6.92 Å². The van der Waals surface area contributed by atoms with Crippen LogP contribution in [0.25, 0.3) is 0 Å². The molecule has 2 saturated heterocycles. The summed E-state index contributed by atoms with van der Waals surface area (Å²) in [6, 6.07) is 0. The van der Waals surface area contributed by atoms with Crippen molar-refractivity contribution < 1.29 is 9.90 Å². The van der Waals surface area contributed by atoms with Gasteiger partial charge in [-0.2, -0.15) is 0 Å². The van der Waals surface area contributed by atoms with Crippen LogP contribution in [0.3, 0.4) is 0 Å². The van der Waals surface area contributed by atoms with E-state index in [-0.39, 0.29) is 11.6 Å². The molecule has 3 nitrogen and oxygen atoms in total. The quantitative estimate of drug-likeness (QED) is 0.699. The van der Waals surface area contributed by atoms with Crippen LogP contribution in [0.2, 0.25) is 0 Å². The van der Waals surface area contributed by atoms with E-state index in [0.29, 0.717) is 17.7 Å². The van der Waals surface area contributed by atoms with Gasteiger partial charge in [-0.05, 0) is 50.4 Å². The molecule has 0 aromatic rings. The van der Waals surface area contributed by atoms with Crippen LogP contribution in [-0.2, 0) is 4.79 Å². The number of hydrogen-bond acceptors (Lipinski definition) is 2. The van der Waals surface area contributed by atoms with Crippen LogP contribution in [0.4, 0.5) is 0 Å². The number of amides is 1. The minimum atomic E-state index is -0.152. The number of aliphatic hydroxyl groups is 1. The second-order valence-corrected chi connectivity index (χ2v) is 6.22. The lowest BCUT2D eigenvalue weighted by molar-refractivity contribution is -0.140. The zero-order valence-electron chi connectivity index (χ0n) is 10.7. The summed E-state index contributed by atoms with van der Waals surface area (Å²) in [7, 11) is 0. The summed E-state index contributed by atoms with van der Waals surface area (Å²) in [6.07, 6.45) is 6.93. The molecule has 96 valence electrons. The number of hydrogen-bond donors (Lipinski definition) is 1. The molecule has 3 fully saturated rings. The maximum absolute atomic E-state index is 12.2. The van der Waals surface area contributed by atoms with Gasteiger partial charge < -0.3 is 10.0 Å². The normalized spacial score (nSPS) is 46.4. The number of carbonyl (C=O) groups is 1. The first-order valence-electron chi connectivity index (χ1n) is 7.14. The molecule has 1 spiro atoms. The summed E-state index contributed by atoms with van der Waals surface area (Å²) in [5.74, 6) is 1.25. The predicted molar refractivity (Wildman–Crippen MR) is 65.4 cm³/mol. The average Bonchev–Trinajstić information content (AvgIpc) is 2.68. The molecule has 2 heterocycles. The molecule has 4 atom stereocenters. The molecule has 3 rings (SSSR count). The van der Waals surface area contributed by atoms with Gasteiger partial charge in [-0.3, -0.25) is 4.79 Å². The summed E-state index contributed by atoms with van der Waals surface area (Å²) in [5, 5.41) is 10.1. The Bertz CT molecular complexity index is 330. The highest BCUT2D eigenvalue weighted by atomic mass is 16.3. The van der Waals surface area contributed by atoms with Crippen molar-refractivity contribution in [3.8, 4) is 0 Å². The fourth-order valence-electron chi connectivity index (χ4n) is 4.66. The van der Waals surface area contributed by atoms with Crippen molar-refractivity contribution in [3.05, 3.63) is 0 Å². The molecule has 1 amide bonds. The van der Waals surface area contributed by atoms with E-state index in [1.807, 2.05) is 0 Å². The molecule has 0 radical (unpaired) electrons. The first-order valence-corrected chi connectivity index (χ1v) is 7.14. The summed E-state index contributed by atoms with van der Waals surface area (Å²) >= 11 is 0. The van der Waals surface area contributed by atoms with Gasteiger partial charge >= 0.3 is 0 Å². The highest BCUT2D eigenvalue weighted by Crippen LogP contribution is 2.51. The third-order valence-electron chi connectivity index (χ3n) is 5.54. The summed E-state index contributed by atoms with van der Waals surface area (Å²) in [5.41, 5.74) is 0.117. The van der Waals surface area contributed by atoms with Gasteiger partial charge in [0.25, 0.3) is 0 Å². The highest BCUT2D eigenvalue weighted by Gasteiger charge is 2.54. The van der Waals surface area contributed by atoms with E-state index >= 15 is 0 Å². The van der Waals surface area contributed by atoms with E-state index < -0.39 is 0 Å². The molecule has 1 aliphatic carbocycles. The second kappa shape index (κ2) is 3.98. The number of carbonyl (C=O) groups excluding carboxylic acids is 1. The fraction of sp³-hybridized carbons (Fsp3) is 0.929. The average molecular weight is 237 g/mol. The van der Waals surface area contributed by atoms with Crippen LogP contribution < -0.4 is 0 Å². The van der Waals surface area contributed by atoms with Crippen LogP contribution in [-0.4, -0.2) is 34.1 Å². The van der Waals surface area contributed by atoms with E-state index in [0.717, 1.165) is 45.1 Å². The first kappa shape index (κ1) is 11.5. The van der Waals surface area contributed by atoms with Crippen molar-refractivity contribution >= 4 is 5.91 Å². The summed E-state index contributed by atoms with van der Waals surface area (Å²) in [4.78, 5) is 14.4. The highest BCUT2D eigenvalue weighted by molar-refractivity contribution is 5.78. The summed E-state index contributed by atoms with van der Waals surface area (Å²) in [6.45, 7) is 3.14. The van der Waals surface area contributed by atoms with E-state index in [2.05, 4.69) is 11.8 Å². The van der Waals surface area contributed by atoms with Crippen LogP contribution in [0.5, 0.6) is 0 Å². The Kier molecular flexibility index (Phi) is 2.69. The van der Waals surface area contributed by atoms with Gasteiger partial charge in [0.15, 0.2) is 0 Å². The largest absolute Gasteiger partial charge is 0.393 e. The zero-order valence-corrected chi connectivity index (χ0v) is 10.7. The number of aliphatic hydroxyl groups excluding tert-OH is 1. The lowest BCUT2D eigenvalue weighted by Crippen LogP contribution is -2.57. The summed E-state index contributed by atoms with van der Waals surface area (Å²) < 4.78 is 0. The predicted octanol–water partition coefficient (Wildman–Crippen LogP) is 1.94. The Hall–Kier alpha value is -0.570. The van der Waals surface area contributed by atoms with Gasteiger partial charge in [-0.25, -0.2) is 0 Å². The Balaban J connectivity index is 1.98. The fourth-order valence-corrected chi connectivity index (χ4v) is 4.66. The van der Waals surface area contributed by atoms with Crippen molar-refractivity contribution in [2.75, 3.05) is 6.54 Å². The number of rotatable bonds is 0. The molecule has 0 bridgehead atoms. The molecule has 17 heavy (non-hydrogen) atoms. The minimum Gasteiger partial charge on any atom is -0.393 e. The van der Waals surface area contributed by atoms with E-state index in [1.54, 1.807) is 0 Å². The first-order chi connectivity index (χ1) is 8.15. The molecule has 0 aromatic heterocycles.